The molecule has 1 fully saturated rings. The van der Waals surface area contributed by atoms with E-state index in [0.29, 0.717) is 35.4 Å². The number of carbonyl (C=O) groups is 1. The van der Waals surface area contributed by atoms with E-state index < -0.39 is 12.3 Å². The Morgan fingerprint density at radius 1 is 0.974 bits per heavy atom. The maximum absolute atomic E-state index is 13.7. The molecule has 9 nitrogen and oxygen atoms in total. The number of carbonyl (C=O) groups excluding carboxylic acids is 1. The van der Waals surface area contributed by atoms with Crippen molar-refractivity contribution in [2.24, 2.45) is 0 Å². The summed E-state index contributed by atoms with van der Waals surface area (Å²) in [6.45, 7) is 2.07. The van der Waals surface area contributed by atoms with Gasteiger partial charge >= 0.3 is 5.69 Å². The van der Waals surface area contributed by atoms with Crippen molar-refractivity contribution in [3.05, 3.63) is 98.8 Å². The van der Waals surface area contributed by atoms with Crippen LogP contribution in [0.1, 0.15) is 24.4 Å². The van der Waals surface area contributed by atoms with E-state index in [1.165, 1.54) is 16.9 Å². The quantitative estimate of drug-likeness (QED) is 0.309. The number of amides is 1. The van der Waals surface area contributed by atoms with Crippen molar-refractivity contribution in [3.8, 4) is 16.9 Å². The van der Waals surface area contributed by atoms with Crippen LogP contribution in [0.4, 0.5) is 4.39 Å². The Morgan fingerprint density at radius 3 is 2.47 bits per heavy atom. The minimum absolute atomic E-state index is 0.158. The molecule has 1 saturated heterocycles. The lowest BCUT2D eigenvalue weighted by Gasteiger charge is -2.22. The first-order chi connectivity index (χ1) is 18.4. The third kappa shape index (κ3) is 4.54. The van der Waals surface area contributed by atoms with Crippen LogP contribution >= 0.6 is 15.9 Å². The molecule has 2 aromatic heterocycles. The highest BCUT2D eigenvalue weighted by Gasteiger charge is 2.41. The van der Waals surface area contributed by atoms with Gasteiger partial charge in [0.2, 0.25) is 0 Å². The lowest BCUT2D eigenvalue weighted by atomic mass is 10.1. The molecule has 0 spiro atoms. The van der Waals surface area contributed by atoms with Gasteiger partial charge in [0.1, 0.15) is 23.3 Å². The van der Waals surface area contributed by atoms with Crippen LogP contribution in [0.5, 0.6) is 0 Å². The van der Waals surface area contributed by atoms with Gasteiger partial charge in [-0.1, -0.05) is 22.0 Å². The van der Waals surface area contributed by atoms with E-state index in [1.807, 2.05) is 42.5 Å². The van der Waals surface area contributed by atoms with Crippen molar-refractivity contribution in [2.45, 2.75) is 25.7 Å². The number of H-pyrrole nitrogens is 2. The highest BCUT2D eigenvalue weighted by molar-refractivity contribution is 9.10. The number of ether oxygens (including phenoxy) is 1. The van der Waals surface area contributed by atoms with Crippen molar-refractivity contribution < 1.29 is 13.9 Å². The summed E-state index contributed by atoms with van der Waals surface area (Å²) in [5.41, 5.74) is 4.45. The molecule has 2 N–H and O–H groups in total. The zero-order valence-electron chi connectivity index (χ0n) is 20.2. The van der Waals surface area contributed by atoms with Gasteiger partial charge in [0, 0.05) is 16.6 Å². The zero-order valence-corrected chi connectivity index (χ0v) is 21.8. The normalized spacial score (nSPS) is 17.6. The predicted molar refractivity (Wildman–Crippen MR) is 142 cm³/mol. The van der Waals surface area contributed by atoms with Crippen LogP contribution in [0.2, 0.25) is 0 Å². The first-order valence-electron chi connectivity index (χ1n) is 12.0. The van der Waals surface area contributed by atoms with Crippen LogP contribution < -0.4 is 5.69 Å². The standard InChI is InChI=1S/C27H22BrFN6O3/c1-15-25(36)34(13-12-16-2-11-21-22(14-16)31-27(37)30-21)26(38-15)24-23(17-3-7-19(29)8-4-17)32-35(33-24)20-9-5-18(28)6-10-20/h2-11,14-15,26H,12-13H2,1H3,(H2,30,31,37)/t15-,26-/m1/s1. The summed E-state index contributed by atoms with van der Waals surface area (Å²) < 4.78 is 20.7. The molecule has 0 aliphatic carbocycles. The van der Waals surface area contributed by atoms with Crippen molar-refractivity contribution >= 4 is 32.9 Å². The lowest BCUT2D eigenvalue weighted by molar-refractivity contribution is -0.130. The molecule has 2 atom stereocenters. The minimum atomic E-state index is -0.780. The van der Waals surface area contributed by atoms with Gasteiger partial charge in [-0.2, -0.15) is 4.80 Å². The van der Waals surface area contributed by atoms with E-state index in [1.54, 1.807) is 24.0 Å². The fraction of sp³-hybridized carbons (Fsp3) is 0.185. The summed E-state index contributed by atoms with van der Waals surface area (Å²) >= 11 is 3.44. The number of aromatic nitrogens is 5. The van der Waals surface area contributed by atoms with Crippen LogP contribution in [-0.4, -0.2) is 48.4 Å². The fourth-order valence-corrected chi connectivity index (χ4v) is 4.85. The van der Waals surface area contributed by atoms with Crippen LogP contribution in [0.15, 0.2) is 76.0 Å². The molecule has 0 radical (unpaired) electrons. The largest absolute Gasteiger partial charge is 0.339 e. The van der Waals surface area contributed by atoms with Gasteiger partial charge in [-0.15, -0.1) is 10.2 Å². The summed E-state index contributed by atoms with van der Waals surface area (Å²) in [6.07, 6.45) is -0.909. The van der Waals surface area contributed by atoms with E-state index in [4.69, 9.17) is 14.9 Å². The van der Waals surface area contributed by atoms with Crippen LogP contribution in [-0.2, 0) is 16.0 Å². The molecule has 1 aliphatic rings. The van der Waals surface area contributed by atoms with Gasteiger partial charge in [0.15, 0.2) is 6.23 Å². The Labute approximate surface area is 224 Å². The monoisotopic (exact) mass is 576 g/mol. The number of imidazole rings is 1. The molecule has 1 amide bonds. The highest BCUT2D eigenvalue weighted by atomic mass is 79.9. The number of benzene rings is 3. The summed E-state index contributed by atoms with van der Waals surface area (Å²) in [5.74, 6) is -0.520. The summed E-state index contributed by atoms with van der Waals surface area (Å²) in [5, 5.41) is 9.45. The van der Waals surface area contributed by atoms with Crippen molar-refractivity contribution in [1.82, 2.24) is 29.9 Å². The van der Waals surface area contributed by atoms with Gasteiger partial charge in [0.05, 0.1) is 16.7 Å². The average Bonchev–Trinajstić information content (AvgIpc) is 3.58. The number of aromatic amines is 2. The van der Waals surface area contributed by atoms with Crippen molar-refractivity contribution in [2.75, 3.05) is 6.54 Å². The van der Waals surface area contributed by atoms with E-state index in [9.17, 15) is 14.0 Å². The molecule has 5 aromatic rings. The highest BCUT2D eigenvalue weighted by Crippen LogP contribution is 2.36. The SMILES string of the molecule is C[C@H]1O[C@H](c2nn(-c3ccc(Br)cc3)nc2-c2ccc(F)cc2)N(CCc2ccc3[nH]c(=O)[nH]c3c2)C1=O. The fourth-order valence-electron chi connectivity index (χ4n) is 4.59. The topological polar surface area (TPSA) is 109 Å². The maximum atomic E-state index is 13.7. The first-order valence-corrected chi connectivity index (χ1v) is 12.8. The molecule has 3 heterocycles. The third-order valence-electron chi connectivity index (χ3n) is 6.52. The number of fused-ring (bicyclic) bond motifs is 1. The van der Waals surface area contributed by atoms with Gasteiger partial charge in [-0.25, -0.2) is 9.18 Å². The van der Waals surface area contributed by atoms with Gasteiger partial charge < -0.3 is 19.6 Å². The smallest absolute Gasteiger partial charge is 0.323 e. The second-order valence-electron chi connectivity index (χ2n) is 9.08. The second-order valence-corrected chi connectivity index (χ2v) is 9.99. The Bertz CT molecular complexity index is 1690. The Balaban J connectivity index is 1.36. The van der Waals surface area contributed by atoms with E-state index in [0.717, 1.165) is 21.2 Å². The molecule has 3 aromatic carbocycles. The zero-order chi connectivity index (χ0) is 26.4. The summed E-state index contributed by atoms with van der Waals surface area (Å²) in [7, 11) is 0. The molecule has 192 valence electrons. The number of hydrogen-bond donors (Lipinski definition) is 2. The van der Waals surface area contributed by atoms with Crippen LogP contribution in [0.25, 0.3) is 28.0 Å². The Morgan fingerprint density at radius 2 is 1.71 bits per heavy atom. The van der Waals surface area contributed by atoms with Crippen molar-refractivity contribution in [1.29, 1.82) is 0 Å². The van der Waals surface area contributed by atoms with Crippen LogP contribution in [0.3, 0.4) is 0 Å². The molecule has 0 saturated carbocycles. The summed E-state index contributed by atoms with van der Waals surface area (Å²) in [4.78, 5) is 33.4. The molecule has 1 aliphatic heterocycles. The second kappa shape index (κ2) is 9.66. The molecule has 38 heavy (non-hydrogen) atoms. The Hall–Kier alpha value is -4.09. The molecule has 11 heteroatoms. The first kappa shape index (κ1) is 24.3. The van der Waals surface area contributed by atoms with Gasteiger partial charge in [-0.3, -0.25) is 4.79 Å². The molecule has 6 rings (SSSR count). The van der Waals surface area contributed by atoms with Crippen molar-refractivity contribution in [3.63, 3.8) is 0 Å². The lowest BCUT2D eigenvalue weighted by Crippen LogP contribution is -2.32. The number of nitrogens with one attached hydrogen (secondary N) is 2. The number of hydrogen-bond acceptors (Lipinski definition) is 5. The van der Waals surface area contributed by atoms with E-state index in [-0.39, 0.29) is 17.4 Å². The molecular formula is C27H22BrFN6O3. The van der Waals surface area contributed by atoms with E-state index >= 15 is 0 Å². The predicted octanol–water partition coefficient (Wildman–Crippen LogP) is 4.49. The van der Waals surface area contributed by atoms with Gasteiger partial charge in [-0.05, 0) is 79.6 Å². The molecule has 0 unspecified atom stereocenters. The number of halogens is 2. The number of rotatable bonds is 6. The molecular weight excluding hydrogens is 555 g/mol. The Kier molecular flexibility index (Phi) is 6.16. The van der Waals surface area contributed by atoms with Gasteiger partial charge in [0.25, 0.3) is 5.91 Å². The molecule has 0 bridgehead atoms. The average molecular weight is 577 g/mol. The summed E-state index contributed by atoms with van der Waals surface area (Å²) in [6, 6.07) is 19.1. The minimum Gasteiger partial charge on any atom is -0.339 e. The third-order valence-corrected chi connectivity index (χ3v) is 7.05. The maximum Gasteiger partial charge on any atom is 0.323 e. The van der Waals surface area contributed by atoms with Crippen LogP contribution in [0, 0.1) is 5.82 Å². The van der Waals surface area contributed by atoms with E-state index in [2.05, 4.69) is 25.9 Å². The number of nitrogens with zero attached hydrogens (tertiary/aromatic N) is 4.